The van der Waals surface area contributed by atoms with Crippen molar-refractivity contribution in [2.75, 3.05) is 58.3 Å². The summed E-state index contributed by atoms with van der Waals surface area (Å²) in [4.78, 5) is 28.4. The molecule has 30 heavy (non-hydrogen) atoms. The molecule has 2 aromatic rings. The number of hydrogen-bond donors (Lipinski definition) is 1. The molecule has 0 saturated carbocycles. The zero-order chi connectivity index (χ0) is 21.7. The van der Waals surface area contributed by atoms with Gasteiger partial charge in [0.25, 0.3) is 0 Å². The van der Waals surface area contributed by atoms with Gasteiger partial charge in [0.1, 0.15) is 18.0 Å². The van der Waals surface area contributed by atoms with Gasteiger partial charge in [-0.25, -0.2) is 4.79 Å². The van der Waals surface area contributed by atoms with Gasteiger partial charge in [0.05, 0.1) is 34.1 Å². The Morgan fingerprint density at radius 1 is 0.900 bits per heavy atom. The van der Waals surface area contributed by atoms with Gasteiger partial charge in [0.15, 0.2) is 11.5 Å². The third-order valence-corrected chi connectivity index (χ3v) is 4.79. The summed E-state index contributed by atoms with van der Waals surface area (Å²) in [5.41, 5.74) is 1.18. The van der Waals surface area contributed by atoms with E-state index >= 15 is 0 Å². The van der Waals surface area contributed by atoms with E-state index in [0.717, 1.165) is 0 Å². The third kappa shape index (κ3) is 4.35. The van der Waals surface area contributed by atoms with Gasteiger partial charge in [-0.05, 0) is 24.3 Å². The number of rotatable bonds is 8. The zero-order valence-corrected chi connectivity index (χ0v) is 17.4. The number of methoxy groups -OCH3 is 4. The second kappa shape index (κ2) is 9.25. The van der Waals surface area contributed by atoms with Crippen molar-refractivity contribution in [2.24, 2.45) is 0 Å². The summed E-state index contributed by atoms with van der Waals surface area (Å²) in [5.74, 6) is 1.89. The minimum atomic E-state index is -0.319. The Balaban J connectivity index is 1.66. The summed E-state index contributed by atoms with van der Waals surface area (Å²) in [5, 5.41) is 2.78. The van der Waals surface area contributed by atoms with Crippen LogP contribution in [0.3, 0.4) is 0 Å². The molecule has 0 aliphatic carbocycles. The Bertz CT molecular complexity index is 933. The molecule has 9 nitrogen and oxygen atoms in total. The summed E-state index contributed by atoms with van der Waals surface area (Å²) in [6, 6.07) is 10.1. The highest BCUT2D eigenvalue weighted by atomic mass is 16.5. The molecule has 3 amide bonds. The molecule has 0 aromatic heterocycles. The summed E-state index contributed by atoms with van der Waals surface area (Å²) >= 11 is 0. The van der Waals surface area contributed by atoms with E-state index in [0.29, 0.717) is 47.5 Å². The summed E-state index contributed by atoms with van der Waals surface area (Å²) in [6.45, 7) is 0.825. The van der Waals surface area contributed by atoms with Crippen LogP contribution in [0.25, 0.3) is 0 Å². The Hall–Kier alpha value is -3.62. The lowest BCUT2D eigenvalue weighted by atomic mass is 10.2. The molecule has 1 aliphatic heterocycles. The van der Waals surface area contributed by atoms with Crippen LogP contribution in [-0.2, 0) is 4.79 Å². The second-order valence-corrected chi connectivity index (χ2v) is 6.51. The fourth-order valence-electron chi connectivity index (χ4n) is 3.23. The number of carbonyl (C=O) groups excluding carboxylic acids is 2. The summed E-state index contributed by atoms with van der Waals surface area (Å²) in [6.07, 6.45) is 0. The molecular weight excluding hydrogens is 390 g/mol. The molecule has 3 rings (SSSR count). The molecule has 1 saturated heterocycles. The first kappa shape index (κ1) is 21.1. The topological polar surface area (TPSA) is 89.6 Å². The Kier molecular flexibility index (Phi) is 6.51. The molecule has 0 spiro atoms. The van der Waals surface area contributed by atoms with Crippen LogP contribution in [0.5, 0.6) is 23.0 Å². The fraction of sp³-hybridized carbons (Fsp3) is 0.333. The van der Waals surface area contributed by atoms with Crippen molar-refractivity contribution in [1.82, 2.24) is 4.90 Å². The van der Waals surface area contributed by atoms with E-state index in [2.05, 4.69) is 5.32 Å². The maximum absolute atomic E-state index is 12.8. The minimum absolute atomic E-state index is 0.0716. The van der Waals surface area contributed by atoms with Crippen molar-refractivity contribution in [2.45, 2.75) is 0 Å². The Morgan fingerprint density at radius 2 is 1.63 bits per heavy atom. The number of anilines is 2. The maximum atomic E-state index is 12.8. The average Bonchev–Trinajstić information content (AvgIpc) is 3.13. The molecule has 2 aromatic carbocycles. The monoisotopic (exact) mass is 415 g/mol. The van der Waals surface area contributed by atoms with Gasteiger partial charge in [-0.3, -0.25) is 9.69 Å². The Labute approximate surface area is 175 Å². The smallest absolute Gasteiger partial charge is 0.325 e. The molecule has 1 heterocycles. The quantitative estimate of drug-likeness (QED) is 0.713. The van der Waals surface area contributed by atoms with Gasteiger partial charge >= 0.3 is 6.03 Å². The highest BCUT2D eigenvalue weighted by Gasteiger charge is 2.31. The van der Waals surface area contributed by atoms with Crippen LogP contribution in [0.15, 0.2) is 36.4 Å². The maximum Gasteiger partial charge on any atom is 0.325 e. The lowest BCUT2D eigenvalue weighted by molar-refractivity contribution is -0.116. The largest absolute Gasteiger partial charge is 0.497 e. The second-order valence-electron chi connectivity index (χ2n) is 6.51. The van der Waals surface area contributed by atoms with Crippen LogP contribution in [0, 0.1) is 0 Å². The van der Waals surface area contributed by atoms with Gasteiger partial charge < -0.3 is 29.2 Å². The van der Waals surface area contributed by atoms with Gasteiger partial charge in [0, 0.05) is 30.9 Å². The number of hydrogen-bond acceptors (Lipinski definition) is 6. The van der Waals surface area contributed by atoms with E-state index in [9.17, 15) is 9.59 Å². The molecule has 9 heteroatoms. The number of carbonyl (C=O) groups is 2. The molecule has 0 radical (unpaired) electrons. The molecule has 0 bridgehead atoms. The first-order valence-electron chi connectivity index (χ1n) is 9.31. The number of amides is 3. The van der Waals surface area contributed by atoms with Crippen molar-refractivity contribution in [3.05, 3.63) is 36.4 Å². The van der Waals surface area contributed by atoms with E-state index in [1.165, 1.54) is 19.1 Å². The average molecular weight is 415 g/mol. The van der Waals surface area contributed by atoms with Crippen LogP contribution in [0.2, 0.25) is 0 Å². The predicted octanol–water partition coefficient (Wildman–Crippen LogP) is 2.60. The predicted molar refractivity (Wildman–Crippen MR) is 112 cm³/mol. The molecule has 1 aliphatic rings. The van der Waals surface area contributed by atoms with Crippen molar-refractivity contribution < 1.29 is 28.5 Å². The third-order valence-electron chi connectivity index (χ3n) is 4.79. The van der Waals surface area contributed by atoms with Crippen molar-refractivity contribution in [1.29, 1.82) is 0 Å². The minimum Gasteiger partial charge on any atom is -0.497 e. The fourth-order valence-corrected chi connectivity index (χ4v) is 3.23. The van der Waals surface area contributed by atoms with E-state index in [1.54, 1.807) is 55.5 Å². The van der Waals surface area contributed by atoms with Gasteiger partial charge in [-0.1, -0.05) is 0 Å². The summed E-state index contributed by atoms with van der Waals surface area (Å²) < 4.78 is 21.0. The lowest BCUT2D eigenvalue weighted by Gasteiger charge is -2.20. The number of nitrogens with one attached hydrogen (secondary N) is 1. The van der Waals surface area contributed by atoms with E-state index in [1.807, 2.05) is 0 Å². The number of urea groups is 1. The van der Waals surface area contributed by atoms with Crippen LogP contribution in [0.4, 0.5) is 16.2 Å². The van der Waals surface area contributed by atoms with Crippen molar-refractivity contribution >= 4 is 23.3 Å². The molecule has 1 N–H and O–H groups in total. The van der Waals surface area contributed by atoms with Crippen LogP contribution >= 0.6 is 0 Å². The Morgan fingerprint density at radius 3 is 2.30 bits per heavy atom. The molecule has 0 atom stereocenters. The first-order valence-corrected chi connectivity index (χ1v) is 9.31. The van der Waals surface area contributed by atoms with Gasteiger partial charge in [0.2, 0.25) is 5.91 Å². The molecule has 1 fully saturated rings. The lowest BCUT2D eigenvalue weighted by Crippen LogP contribution is -2.37. The highest BCUT2D eigenvalue weighted by Crippen LogP contribution is 2.33. The van der Waals surface area contributed by atoms with E-state index < -0.39 is 0 Å². The van der Waals surface area contributed by atoms with Crippen LogP contribution in [-0.4, -0.2) is 64.9 Å². The number of ether oxygens (including phenoxy) is 4. The zero-order valence-electron chi connectivity index (χ0n) is 17.4. The SMILES string of the molecule is COc1ccc(NC(=O)CN2CCN(c3ccc(OC)c(OC)c3)C2=O)c(OC)c1. The first-order chi connectivity index (χ1) is 14.5. The van der Waals surface area contributed by atoms with Crippen LogP contribution in [0.1, 0.15) is 0 Å². The standard InChI is InChI=1S/C21H25N3O6/c1-27-15-6-7-16(18(12-15)29-3)22-20(25)13-23-9-10-24(21(23)26)14-5-8-17(28-2)19(11-14)30-4/h5-8,11-12H,9-10,13H2,1-4H3,(H,22,25). The molecule has 160 valence electrons. The highest BCUT2D eigenvalue weighted by molar-refractivity contribution is 6.00. The van der Waals surface area contributed by atoms with E-state index in [-0.39, 0.29) is 18.5 Å². The normalized spacial score (nSPS) is 13.3. The number of nitrogens with zero attached hydrogens (tertiary/aromatic N) is 2. The molecule has 0 unspecified atom stereocenters. The van der Waals surface area contributed by atoms with Crippen LogP contribution < -0.4 is 29.2 Å². The van der Waals surface area contributed by atoms with Gasteiger partial charge in [-0.2, -0.15) is 0 Å². The number of benzene rings is 2. The van der Waals surface area contributed by atoms with Gasteiger partial charge in [-0.15, -0.1) is 0 Å². The molecular formula is C21H25N3O6. The summed E-state index contributed by atoms with van der Waals surface area (Å²) in [7, 11) is 6.15. The van der Waals surface area contributed by atoms with Crippen molar-refractivity contribution in [3.8, 4) is 23.0 Å². The van der Waals surface area contributed by atoms with Crippen molar-refractivity contribution in [3.63, 3.8) is 0 Å². The van der Waals surface area contributed by atoms with E-state index in [4.69, 9.17) is 18.9 Å².